The summed E-state index contributed by atoms with van der Waals surface area (Å²) in [5.74, 6) is -0.168. The van der Waals surface area contributed by atoms with Crippen molar-refractivity contribution in [3.05, 3.63) is 82.4 Å². The molecule has 0 saturated heterocycles. The third-order valence-corrected chi connectivity index (χ3v) is 4.81. The number of Topliss-reactive ketones (excluding diaryl/α,β-unsaturated/α-hetero) is 1. The number of ketones is 1. The van der Waals surface area contributed by atoms with Crippen LogP contribution in [0.5, 0.6) is 0 Å². The summed E-state index contributed by atoms with van der Waals surface area (Å²) in [4.78, 5) is 11.6. The van der Waals surface area contributed by atoms with Gasteiger partial charge in [-0.2, -0.15) is 5.10 Å². The first-order chi connectivity index (χ1) is 13.5. The molecule has 0 spiro atoms. The minimum atomic E-state index is -0.276. The highest BCUT2D eigenvalue weighted by atomic mass is 19.1. The standard InChI is InChI=1S/C22H23FN2O.CH4O/c1-15-5-4-6-18(17(15)3)7-12-22-19(13-16(2)26)14-24-25(22)21-10-8-20(23)9-11-21;1-2/h4-6,8-11,14H,7,12-13H2,1-3H3;2H,1H3. The Morgan fingerprint density at radius 3 is 2.36 bits per heavy atom. The number of rotatable bonds is 6. The molecule has 0 aliphatic carbocycles. The molecule has 2 aromatic carbocycles. The molecule has 4 nitrogen and oxygen atoms in total. The van der Waals surface area contributed by atoms with Gasteiger partial charge in [-0.1, -0.05) is 18.2 Å². The van der Waals surface area contributed by atoms with Crippen molar-refractivity contribution in [1.29, 1.82) is 0 Å². The number of aliphatic hydroxyl groups is 1. The first-order valence-electron chi connectivity index (χ1n) is 9.26. The Morgan fingerprint density at radius 1 is 1.04 bits per heavy atom. The molecular formula is C23H27FN2O2. The van der Waals surface area contributed by atoms with Gasteiger partial charge >= 0.3 is 0 Å². The number of aryl methyl sites for hydroxylation is 2. The lowest BCUT2D eigenvalue weighted by Crippen LogP contribution is -2.08. The van der Waals surface area contributed by atoms with Crippen molar-refractivity contribution in [3.8, 4) is 5.69 Å². The summed E-state index contributed by atoms with van der Waals surface area (Å²) in [6, 6.07) is 12.6. The molecule has 5 heteroatoms. The van der Waals surface area contributed by atoms with Crippen molar-refractivity contribution >= 4 is 5.78 Å². The lowest BCUT2D eigenvalue weighted by Gasteiger charge is -2.12. The van der Waals surface area contributed by atoms with Crippen molar-refractivity contribution in [2.75, 3.05) is 7.11 Å². The fraction of sp³-hybridized carbons (Fsp3) is 0.304. The predicted octanol–water partition coefficient (Wildman–Crippen LogP) is 4.15. The van der Waals surface area contributed by atoms with Gasteiger partial charge in [-0.25, -0.2) is 9.07 Å². The van der Waals surface area contributed by atoms with Crippen LogP contribution in [0.4, 0.5) is 4.39 Å². The highest BCUT2D eigenvalue weighted by molar-refractivity contribution is 5.78. The number of hydrogen-bond acceptors (Lipinski definition) is 3. The van der Waals surface area contributed by atoms with Crippen LogP contribution in [0.1, 0.15) is 34.9 Å². The Balaban J connectivity index is 0.00000136. The number of aromatic nitrogens is 2. The van der Waals surface area contributed by atoms with Gasteiger partial charge in [0, 0.05) is 24.8 Å². The van der Waals surface area contributed by atoms with Gasteiger partial charge in [-0.3, -0.25) is 4.79 Å². The fourth-order valence-electron chi connectivity index (χ4n) is 3.23. The molecular weight excluding hydrogens is 355 g/mol. The van der Waals surface area contributed by atoms with Gasteiger partial charge in [0.05, 0.1) is 11.9 Å². The molecule has 3 aromatic rings. The van der Waals surface area contributed by atoms with E-state index in [0.29, 0.717) is 6.42 Å². The first kappa shape index (κ1) is 21.5. The minimum absolute atomic E-state index is 0.108. The fourth-order valence-corrected chi connectivity index (χ4v) is 3.23. The average molecular weight is 382 g/mol. The average Bonchev–Trinajstić information content (AvgIpc) is 3.07. The summed E-state index contributed by atoms with van der Waals surface area (Å²) >= 11 is 0. The zero-order valence-corrected chi connectivity index (χ0v) is 16.9. The molecule has 1 heterocycles. The van der Waals surface area contributed by atoms with Gasteiger partial charge in [0.1, 0.15) is 11.6 Å². The van der Waals surface area contributed by atoms with Gasteiger partial charge in [-0.05, 0) is 74.6 Å². The smallest absolute Gasteiger partial charge is 0.134 e. The Bertz CT molecular complexity index is 930. The van der Waals surface area contributed by atoms with Crippen molar-refractivity contribution in [3.63, 3.8) is 0 Å². The lowest BCUT2D eigenvalue weighted by atomic mass is 9.97. The maximum atomic E-state index is 13.3. The molecule has 0 fully saturated rings. The number of carbonyl (C=O) groups excluding carboxylic acids is 1. The third kappa shape index (κ3) is 5.14. The Kier molecular flexibility index (Phi) is 7.64. The van der Waals surface area contributed by atoms with E-state index in [4.69, 9.17) is 5.11 Å². The second-order valence-corrected chi connectivity index (χ2v) is 6.74. The zero-order valence-electron chi connectivity index (χ0n) is 16.9. The van der Waals surface area contributed by atoms with Crippen LogP contribution in [-0.4, -0.2) is 27.8 Å². The minimum Gasteiger partial charge on any atom is -0.400 e. The largest absolute Gasteiger partial charge is 0.400 e. The van der Waals surface area contributed by atoms with E-state index < -0.39 is 0 Å². The van der Waals surface area contributed by atoms with Crippen molar-refractivity contribution < 1.29 is 14.3 Å². The summed E-state index contributed by atoms with van der Waals surface area (Å²) in [6.45, 7) is 5.84. The quantitative estimate of drug-likeness (QED) is 0.697. The van der Waals surface area contributed by atoms with Crippen LogP contribution in [0.2, 0.25) is 0 Å². The van der Waals surface area contributed by atoms with Crippen LogP contribution in [0.3, 0.4) is 0 Å². The zero-order chi connectivity index (χ0) is 20.7. The van der Waals surface area contributed by atoms with Crippen LogP contribution < -0.4 is 0 Å². The van der Waals surface area contributed by atoms with Crippen LogP contribution in [-0.2, 0) is 24.1 Å². The number of nitrogens with zero attached hydrogens (tertiary/aromatic N) is 2. The Hall–Kier alpha value is -2.79. The predicted molar refractivity (Wildman–Crippen MR) is 109 cm³/mol. The van der Waals surface area contributed by atoms with E-state index in [2.05, 4.69) is 37.1 Å². The van der Waals surface area contributed by atoms with Crippen LogP contribution in [0, 0.1) is 19.7 Å². The molecule has 1 aromatic heterocycles. The van der Waals surface area contributed by atoms with E-state index in [0.717, 1.165) is 36.9 Å². The Labute approximate surface area is 165 Å². The summed E-state index contributed by atoms with van der Waals surface area (Å²) < 4.78 is 15.1. The van der Waals surface area contributed by atoms with Gasteiger partial charge in [0.2, 0.25) is 0 Å². The molecule has 0 aliphatic rings. The molecule has 0 amide bonds. The van der Waals surface area contributed by atoms with Crippen molar-refractivity contribution in [2.24, 2.45) is 0 Å². The van der Waals surface area contributed by atoms with Crippen LogP contribution in [0.15, 0.2) is 48.7 Å². The highest BCUT2D eigenvalue weighted by Crippen LogP contribution is 2.21. The molecule has 0 aliphatic heterocycles. The van der Waals surface area contributed by atoms with Crippen molar-refractivity contribution in [2.45, 2.75) is 40.0 Å². The second kappa shape index (κ2) is 9.95. The number of hydrogen-bond donors (Lipinski definition) is 1. The molecule has 0 bridgehead atoms. The number of halogens is 1. The molecule has 1 N–H and O–H groups in total. The molecule has 0 atom stereocenters. The highest BCUT2D eigenvalue weighted by Gasteiger charge is 2.14. The van der Waals surface area contributed by atoms with E-state index in [1.165, 1.54) is 28.8 Å². The maximum Gasteiger partial charge on any atom is 0.134 e. The van der Waals surface area contributed by atoms with Crippen LogP contribution >= 0.6 is 0 Å². The molecule has 3 rings (SSSR count). The molecule has 0 radical (unpaired) electrons. The molecule has 148 valence electrons. The van der Waals surface area contributed by atoms with Gasteiger partial charge in [0.15, 0.2) is 0 Å². The number of aliphatic hydroxyl groups excluding tert-OH is 1. The van der Waals surface area contributed by atoms with E-state index in [-0.39, 0.29) is 11.6 Å². The molecule has 28 heavy (non-hydrogen) atoms. The van der Waals surface area contributed by atoms with Gasteiger partial charge < -0.3 is 5.11 Å². The third-order valence-electron chi connectivity index (χ3n) is 4.81. The number of benzene rings is 2. The maximum absolute atomic E-state index is 13.3. The summed E-state index contributed by atoms with van der Waals surface area (Å²) in [5, 5.41) is 11.5. The molecule has 0 unspecified atom stereocenters. The van der Waals surface area contributed by atoms with E-state index in [9.17, 15) is 9.18 Å². The number of carbonyl (C=O) groups is 1. The van der Waals surface area contributed by atoms with Gasteiger partial charge in [-0.15, -0.1) is 0 Å². The van der Waals surface area contributed by atoms with Gasteiger partial charge in [0.25, 0.3) is 0 Å². The van der Waals surface area contributed by atoms with E-state index >= 15 is 0 Å². The first-order valence-corrected chi connectivity index (χ1v) is 9.26. The lowest BCUT2D eigenvalue weighted by molar-refractivity contribution is -0.116. The molecule has 0 saturated carbocycles. The normalized spacial score (nSPS) is 10.4. The second-order valence-electron chi connectivity index (χ2n) is 6.74. The monoisotopic (exact) mass is 382 g/mol. The van der Waals surface area contributed by atoms with Crippen molar-refractivity contribution in [1.82, 2.24) is 9.78 Å². The topological polar surface area (TPSA) is 55.1 Å². The Morgan fingerprint density at radius 2 is 1.71 bits per heavy atom. The summed E-state index contributed by atoms with van der Waals surface area (Å²) in [5.41, 5.74) is 6.62. The summed E-state index contributed by atoms with van der Waals surface area (Å²) in [6.07, 6.45) is 3.75. The van der Waals surface area contributed by atoms with Crippen LogP contribution in [0.25, 0.3) is 5.69 Å². The van der Waals surface area contributed by atoms with E-state index in [1.54, 1.807) is 25.3 Å². The summed E-state index contributed by atoms with van der Waals surface area (Å²) in [7, 11) is 1.00. The SMILES string of the molecule is CC(=O)Cc1cnn(-c2ccc(F)cc2)c1CCc1cccc(C)c1C.CO. The van der Waals surface area contributed by atoms with E-state index in [1.807, 2.05) is 4.68 Å².